The standard InChI is InChI=1S/C20H20N4O3S/c1-12-3-4-14-10-15(11-17-19(26)22-20(28)24(17)13(2)25)18(21-16(14)9-12)23-5-7-27-8-6-23/h3-4,9-11H,5-8H2,1-2H3,(H,22,26,28)/b17-11-. The minimum Gasteiger partial charge on any atom is -0.378 e. The first-order valence-electron chi connectivity index (χ1n) is 9.06. The first-order valence-corrected chi connectivity index (χ1v) is 9.46. The van der Waals surface area contributed by atoms with Gasteiger partial charge in [0.05, 0.1) is 18.7 Å². The lowest BCUT2D eigenvalue weighted by molar-refractivity contribution is -0.125. The van der Waals surface area contributed by atoms with Crippen LogP contribution in [-0.2, 0) is 14.3 Å². The normalized spacial score (nSPS) is 18.9. The summed E-state index contributed by atoms with van der Waals surface area (Å²) >= 11 is 5.13. The minimum absolute atomic E-state index is 0.0982. The van der Waals surface area contributed by atoms with Crippen molar-refractivity contribution < 1.29 is 14.3 Å². The highest BCUT2D eigenvalue weighted by Gasteiger charge is 2.33. The number of hydrogen-bond acceptors (Lipinski definition) is 6. The lowest BCUT2D eigenvalue weighted by atomic mass is 10.1. The van der Waals surface area contributed by atoms with E-state index < -0.39 is 5.91 Å². The number of nitrogens with one attached hydrogen (secondary N) is 1. The molecule has 2 aromatic rings. The molecule has 0 unspecified atom stereocenters. The highest BCUT2D eigenvalue weighted by molar-refractivity contribution is 7.80. The van der Waals surface area contributed by atoms with E-state index in [1.807, 2.05) is 31.2 Å². The number of amides is 2. The Morgan fingerprint density at radius 2 is 2.04 bits per heavy atom. The molecule has 2 fully saturated rings. The Kier molecular flexibility index (Phi) is 4.82. The van der Waals surface area contributed by atoms with Gasteiger partial charge < -0.3 is 9.64 Å². The van der Waals surface area contributed by atoms with E-state index >= 15 is 0 Å². The molecule has 1 aromatic heterocycles. The summed E-state index contributed by atoms with van der Waals surface area (Å²) in [5.41, 5.74) is 2.99. The van der Waals surface area contributed by atoms with E-state index in [9.17, 15) is 9.59 Å². The van der Waals surface area contributed by atoms with Crippen molar-refractivity contribution in [3.05, 3.63) is 41.1 Å². The summed E-state index contributed by atoms with van der Waals surface area (Å²) in [6, 6.07) is 8.06. The monoisotopic (exact) mass is 396 g/mol. The molecule has 2 aliphatic rings. The van der Waals surface area contributed by atoms with Crippen LogP contribution in [0.2, 0.25) is 0 Å². The number of morpholine rings is 1. The van der Waals surface area contributed by atoms with Crippen LogP contribution in [0.25, 0.3) is 17.0 Å². The third kappa shape index (κ3) is 3.36. The maximum Gasteiger partial charge on any atom is 0.274 e. The molecule has 144 valence electrons. The van der Waals surface area contributed by atoms with Gasteiger partial charge in [0.15, 0.2) is 5.11 Å². The molecule has 0 bridgehead atoms. The predicted octanol–water partition coefficient (Wildman–Crippen LogP) is 1.98. The van der Waals surface area contributed by atoms with Crippen LogP contribution in [-0.4, -0.2) is 53.1 Å². The Morgan fingerprint density at radius 3 is 2.75 bits per heavy atom. The molecule has 7 nitrogen and oxygen atoms in total. The van der Waals surface area contributed by atoms with Gasteiger partial charge >= 0.3 is 0 Å². The zero-order valence-electron chi connectivity index (χ0n) is 15.7. The van der Waals surface area contributed by atoms with Gasteiger partial charge in [-0.05, 0) is 42.9 Å². The number of hydrogen-bond donors (Lipinski definition) is 1. The van der Waals surface area contributed by atoms with Crippen LogP contribution in [0.5, 0.6) is 0 Å². The number of pyridine rings is 1. The van der Waals surface area contributed by atoms with Gasteiger partial charge in [0.2, 0.25) is 5.91 Å². The quantitative estimate of drug-likeness (QED) is 0.618. The summed E-state index contributed by atoms with van der Waals surface area (Å²) in [7, 11) is 0. The number of carbonyl (C=O) groups excluding carboxylic acids is 2. The van der Waals surface area contributed by atoms with Gasteiger partial charge in [-0.25, -0.2) is 4.98 Å². The summed E-state index contributed by atoms with van der Waals surface area (Å²) in [4.78, 5) is 32.6. The van der Waals surface area contributed by atoms with Crippen molar-refractivity contribution in [2.75, 3.05) is 31.2 Å². The Labute approximate surface area is 168 Å². The number of benzene rings is 1. The number of carbonyl (C=O) groups is 2. The molecule has 0 atom stereocenters. The van der Waals surface area contributed by atoms with E-state index in [2.05, 4.69) is 10.2 Å². The molecule has 2 amide bonds. The zero-order chi connectivity index (χ0) is 19.8. The van der Waals surface area contributed by atoms with Crippen molar-refractivity contribution in [2.45, 2.75) is 13.8 Å². The maximum atomic E-state index is 12.4. The van der Waals surface area contributed by atoms with Crippen LogP contribution in [0.3, 0.4) is 0 Å². The van der Waals surface area contributed by atoms with E-state index in [0.717, 1.165) is 27.8 Å². The van der Waals surface area contributed by atoms with E-state index in [1.165, 1.54) is 11.8 Å². The lowest BCUT2D eigenvalue weighted by Crippen LogP contribution is -2.37. The van der Waals surface area contributed by atoms with Gasteiger partial charge in [-0.1, -0.05) is 12.1 Å². The molecule has 1 aromatic carbocycles. The van der Waals surface area contributed by atoms with Crippen LogP contribution >= 0.6 is 12.2 Å². The summed E-state index contributed by atoms with van der Waals surface area (Å²) in [5.74, 6) is 0.0621. The average Bonchev–Trinajstić information content (AvgIpc) is 2.95. The molecule has 3 heterocycles. The number of thiocarbonyl (C=S) groups is 1. The van der Waals surface area contributed by atoms with Crippen molar-refractivity contribution in [1.29, 1.82) is 0 Å². The first-order chi connectivity index (χ1) is 13.4. The summed E-state index contributed by atoms with van der Waals surface area (Å²) in [5, 5.41) is 3.60. The smallest absolute Gasteiger partial charge is 0.274 e. The van der Waals surface area contributed by atoms with Gasteiger partial charge in [-0.3, -0.25) is 19.8 Å². The average molecular weight is 396 g/mol. The Hall–Kier alpha value is -2.84. The Morgan fingerprint density at radius 1 is 1.29 bits per heavy atom. The fourth-order valence-corrected chi connectivity index (χ4v) is 3.76. The molecule has 1 N–H and O–H groups in total. The molecule has 8 heteroatoms. The van der Waals surface area contributed by atoms with Gasteiger partial charge in [-0.15, -0.1) is 0 Å². The van der Waals surface area contributed by atoms with Crippen molar-refractivity contribution in [3.63, 3.8) is 0 Å². The van der Waals surface area contributed by atoms with Crippen LogP contribution in [0.15, 0.2) is 30.0 Å². The van der Waals surface area contributed by atoms with Gasteiger partial charge in [-0.2, -0.15) is 0 Å². The second kappa shape index (κ2) is 7.29. The number of anilines is 1. The Balaban J connectivity index is 1.89. The number of nitrogens with zero attached hydrogens (tertiary/aromatic N) is 3. The van der Waals surface area contributed by atoms with E-state index in [0.29, 0.717) is 26.3 Å². The highest BCUT2D eigenvalue weighted by atomic mass is 32.1. The van der Waals surface area contributed by atoms with Crippen molar-refractivity contribution >= 4 is 51.9 Å². The van der Waals surface area contributed by atoms with Crippen LogP contribution in [0.1, 0.15) is 18.1 Å². The fourth-order valence-electron chi connectivity index (χ4n) is 3.44. The first kappa shape index (κ1) is 18.5. The van der Waals surface area contributed by atoms with Crippen LogP contribution in [0.4, 0.5) is 5.82 Å². The summed E-state index contributed by atoms with van der Waals surface area (Å²) < 4.78 is 5.46. The SMILES string of the molecule is CC(=O)N1C(=S)NC(=O)/C1=C/c1cc2ccc(C)cc2nc1N1CCOCC1. The molecule has 4 rings (SSSR count). The molecule has 2 aliphatic heterocycles. The number of rotatable bonds is 2. The van der Waals surface area contributed by atoms with Gasteiger partial charge in [0.25, 0.3) is 5.91 Å². The molecule has 28 heavy (non-hydrogen) atoms. The predicted molar refractivity (Wildman–Crippen MR) is 111 cm³/mol. The number of aryl methyl sites for hydroxylation is 1. The number of ether oxygens (including phenoxy) is 1. The third-order valence-electron chi connectivity index (χ3n) is 4.80. The maximum absolute atomic E-state index is 12.4. The van der Waals surface area contributed by atoms with Gasteiger partial charge in [0.1, 0.15) is 11.5 Å². The number of fused-ring (bicyclic) bond motifs is 1. The molecule has 0 saturated carbocycles. The molecule has 2 saturated heterocycles. The van der Waals surface area contributed by atoms with E-state index in [-0.39, 0.29) is 16.7 Å². The molecule has 0 radical (unpaired) electrons. The zero-order valence-corrected chi connectivity index (χ0v) is 16.5. The van der Waals surface area contributed by atoms with Crippen molar-refractivity contribution in [2.24, 2.45) is 0 Å². The van der Waals surface area contributed by atoms with E-state index in [4.69, 9.17) is 21.9 Å². The minimum atomic E-state index is -0.392. The third-order valence-corrected chi connectivity index (χ3v) is 5.08. The molecular weight excluding hydrogens is 376 g/mol. The summed E-state index contributed by atoms with van der Waals surface area (Å²) in [6.45, 7) is 6.06. The topological polar surface area (TPSA) is 74.8 Å². The number of aromatic nitrogens is 1. The van der Waals surface area contributed by atoms with Gasteiger partial charge in [0, 0.05) is 31.0 Å². The molecular formula is C20H20N4O3S. The van der Waals surface area contributed by atoms with Crippen molar-refractivity contribution in [1.82, 2.24) is 15.2 Å². The summed E-state index contributed by atoms with van der Waals surface area (Å²) in [6.07, 6.45) is 1.69. The van der Waals surface area contributed by atoms with E-state index in [1.54, 1.807) is 6.08 Å². The second-order valence-electron chi connectivity index (χ2n) is 6.84. The van der Waals surface area contributed by atoms with Crippen LogP contribution in [0, 0.1) is 6.92 Å². The fraction of sp³-hybridized carbons (Fsp3) is 0.300. The lowest BCUT2D eigenvalue weighted by Gasteiger charge is -2.29. The molecule has 0 spiro atoms. The highest BCUT2D eigenvalue weighted by Crippen LogP contribution is 2.28. The van der Waals surface area contributed by atoms with Crippen LogP contribution < -0.4 is 10.2 Å². The Bertz CT molecular complexity index is 1030. The largest absolute Gasteiger partial charge is 0.378 e. The molecule has 0 aliphatic carbocycles. The second-order valence-corrected chi connectivity index (χ2v) is 7.23. The van der Waals surface area contributed by atoms with Crippen molar-refractivity contribution in [3.8, 4) is 0 Å².